The topological polar surface area (TPSA) is 32.5 Å². The monoisotopic (exact) mass is 597 g/mol. The number of halogens is 9. The van der Waals surface area contributed by atoms with Crippen LogP contribution in [0.5, 0.6) is 0 Å². The third-order valence-corrected chi connectivity index (χ3v) is 7.58. The molecule has 0 amide bonds. The van der Waals surface area contributed by atoms with Gasteiger partial charge in [0.25, 0.3) is 0 Å². The molecule has 3 nitrogen and oxygen atoms in total. The van der Waals surface area contributed by atoms with Gasteiger partial charge in [0.05, 0.1) is 34.1 Å². The highest BCUT2D eigenvalue weighted by Gasteiger charge is 2.39. The van der Waals surface area contributed by atoms with E-state index in [0.29, 0.717) is 43.2 Å². The van der Waals surface area contributed by atoms with Gasteiger partial charge < -0.3 is 15.5 Å². The molecule has 1 atom stereocenters. The van der Waals surface area contributed by atoms with Gasteiger partial charge in [0, 0.05) is 26.2 Å². The number of hydrogen-bond donors (Lipinski definition) is 1. The molecule has 1 aliphatic rings. The molecular weight excluding hydrogens is 561 g/mol. The molecule has 1 fully saturated rings. The molecule has 0 spiro atoms. The predicted octanol–water partition coefficient (Wildman–Crippen LogP) is 9.07. The first-order valence-corrected chi connectivity index (χ1v) is 13.8. The Morgan fingerprint density at radius 2 is 1.32 bits per heavy atom. The Hall–Kier alpha value is -2.63. The van der Waals surface area contributed by atoms with Crippen molar-refractivity contribution >= 4 is 11.4 Å². The van der Waals surface area contributed by atoms with Crippen molar-refractivity contribution in [3.8, 4) is 0 Å². The summed E-state index contributed by atoms with van der Waals surface area (Å²) in [7, 11) is 0. The number of anilines is 2. The number of benzene rings is 2. The quantitative estimate of drug-likeness (QED) is 0.278. The zero-order valence-electron chi connectivity index (χ0n) is 23.1. The molecule has 1 unspecified atom stereocenters. The second-order valence-corrected chi connectivity index (χ2v) is 10.5. The smallest absolute Gasteiger partial charge is 0.370 e. The van der Waals surface area contributed by atoms with Gasteiger partial charge in [-0.15, -0.1) is 0 Å². The Morgan fingerprint density at radius 3 is 1.78 bits per heavy atom. The van der Waals surface area contributed by atoms with Gasteiger partial charge in [0.2, 0.25) is 0 Å². The summed E-state index contributed by atoms with van der Waals surface area (Å²) in [6.45, 7) is 4.16. The second-order valence-electron chi connectivity index (χ2n) is 10.5. The van der Waals surface area contributed by atoms with Crippen molar-refractivity contribution in [2.75, 3.05) is 36.0 Å². The lowest BCUT2D eigenvalue weighted by Crippen LogP contribution is -2.37. The highest BCUT2D eigenvalue weighted by Crippen LogP contribution is 2.43. The first-order valence-electron chi connectivity index (χ1n) is 13.8. The fourth-order valence-electron chi connectivity index (χ4n) is 5.63. The summed E-state index contributed by atoms with van der Waals surface area (Å²) < 4.78 is 123. The van der Waals surface area contributed by atoms with Crippen LogP contribution >= 0.6 is 0 Å². The minimum atomic E-state index is -5.08. The number of nitrogens with two attached hydrogens (primary N) is 1. The highest BCUT2D eigenvalue weighted by molar-refractivity contribution is 5.73. The lowest BCUT2D eigenvalue weighted by atomic mass is 9.88. The summed E-state index contributed by atoms with van der Waals surface area (Å²) in [6, 6.07) is 3.17. The second kappa shape index (κ2) is 13.1. The van der Waals surface area contributed by atoms with Crippen molar-refractivity contribution in [2.24, 2.45) is 11.7 Å². The van der Waals surface area contributed by atoms with Gasteiger partial charge in [-0.05, 0) is 74.1 Å². The van der Waals surface area contributed by atoms with E-state index in [2.05, 4.69) is 0 Å². The third kappa shape index (κ3) is 8.23. The zero-order chi connectivity index (χ0) is 30.6. The molecule has 0 heterocycles. The third-order valence-electron chi connectivity index (χ3n) is 7.58. The van der Waals surface area contributed by atoms with Crippen LogP contribution in [0.15, 0.2) is 36.4 Å². The molecule has 3 rings (SSSR count). The lowest BCUT2D eigenvalue weighted by Gasteiger charge is -2.39. The van der Waals surface area contributed by atoms with Crippen molar-refractivity contribution in [1.82, 2.24) is 0 Å². The Morgan fingerprint density at radius 1 is 0.756 bits per heavy atom. The molecule has 1 saturated carbocycles. The van der Waals surface area contributed by atoms with Crippen LogP contribution in [0.1, 0.15) is 80.7 Å². The predicted molar refractivity (Wildman–Crippen MR) is 142 cm³/mol. The average Bonchev–Trinajstić information content (AvgIpc) is 2.90. The van der Waals surface area contributed by atoms with E-state index in [4.69, 9.17) is 5.73 Å². The molecule has 0 saturated heterocycles. The molecule has 1 aliphatic carbocycles. The highest BCUT2D eigenvalue weighted by atomic mass is 19.4. The molecule has 0 aromatic heterocycles. The first kappa shape index (κ1) is 32.9. The van der Waals surface area contributed by atoms with Gasteiger partial charge in [-0.2, -0.15) is 39.5 Å². The van der Waals surface area contributed by atoms with Crippen molar-refractivity contribution in [3.05, 3.63) is 58.7 Å². The first-order chi connectivity index (χ1) is 19.1. The number of likely N-dealkylation sites (N-methyl/N-ethyl adjacent to an activating group) is 1. The maximum absolute atomic E-state index is 13.9. The molecule has 2 aromatic rings. The van der Waals surface area contributed by atoms with E-state index in [-0.39, 0.29) is 23.9 Å². The van der Waals surface area contributed by atoms with Gasteiger partial charge in [-0.25, -0.2) is 0 Å². The molecule has 0 bridgehead atoms. The molecule has 41 heavy (non-hydrogen) atoms. The largest absolute Gasteiger partial charge is 0.416 e. The van der Waals surface area contributed by atoms with Crippen molar-refractivity contribution in [3.63, 3.8) is 0 Å². The Kier molecular flexibility index (Phi) is 10.5. The summed E-state index contributed by atoms with van der Waals surface area (Å²) in [4.78, 5) is 3.36. The van der Waals surface area contributed by atoms with Crippen LogP contribution in [0.4, 0.5) is 50.9 Å². The summed E-state index contributed by atoms with van der Waals surface area (Å²) in [5, 5.41) is 0. The molecule has 0 aliphatic heterocycles. The van der Waals surface area contributed by atoms with Crippen LogP contribution in [-0.4, -0.2) is 26.2 Å². The van der Waals surface area contributed by atoms with Crippen LogP contribution in [0.2, 0.25) is 0 Å². The van der Waals surface area contributed by atoms with E-state index in [1.165, 1.54) is 11.0 Å². The van der Waals surface area contributed by atoms with Crippen LogP contribution < -0.4 is 15.5 Å². The Bertz CT molecular complexity index is 1100. The molecule has 2 N–H and O–H groups in total. The Balaban J connectivity index is 2.20. The van der Waals surface area contributed by atoms with E-state index >= 15 is 0 Å². The lowest BCUT2D eigenvalue weighted by molar-refractivity contribution is -0.143. The van der Waals surface area contributed by atoms with Gasteiger partial charge in [-0.3, -0.25) is 0 Å². The minimum Gasteiger partial charge on any atom is -0.370 e. The average molecular weight is 598 g/mol. The summed E-state index contributed by atoms with van der Waals surface area (Å²) in [5.41, 5.74) is 2.09. The van der Waals surface area contributed by atoms with Gasteiger partial charge >= 0.3 is 18.5 Å². The van der Waals surface area contributed by atoms with Gasteiger partial charge in [0.15, 0.2) is 0 Å². The molecule has 0 radical (unpaired) electrons. The zero-order valence-corrected chi connectivity index (χ0v) is 23.1. The van der Waals surface area contributed by atoms with E-state index < -0.39 is 47.8 Å². The van der Waals surface area contributed by atoms with Crippen LogP contribution in [-0.2, 0) is 18.5 Å². The van der Waals surface area contributed by atoms with Crippen molar-refractivity contribution in [1.29, 1.82) is 0 Å². The standard InChI is InChI=1S/C29H36F9N3/c1-3-12-40(18-19-8-6-5-7-9-19)24-11-10-21(27(30,31)32)16-25(24)41(4-2)26(17-39)20-13-22(28(33,34)35)15-23(14-20)29(36,37)38/h10-11,13-16,19,26H,3-9,12,17-18,39H2,1-2H3. The van der Waals surface area contributed by atoms with Crippen molar-refractivity contribution < 1.29 is 39.5 Å². The molecular formula is C29H36F9N3. The fourth-order valence-corrected chi connectivity index (χ4v) is 5.63. The normalized spacial score (nSPS) is 16.1. The summed E-state index contributed by atoms with van der Waals surface area (Å²) in [5.74, 6) is 0.323. The fraction of sp³-hybridized carbons (Fsp3) is 0.586. The van der Waals surface area contributed by atoms with Gasteiger partial charge in [-0.1, -0.05) is 26.2 Å². The van der Waals surface area contributed by atoms with Crippen LogP contribution in [0.3, 0.4) is 0 Å². The van der Waals surface area contributed by atoms with E-state index in [1.54, 1.807) is 6.92 Å². The van der Waals surface area contributed by atoms with Crippen molar-refractivity contribution in [2.45, 2.75) is 76.9 Å². The van der Waals surface area contributed by atoms with E-state index in [1.807, 2.05) is 11.8 Å². The summed E-state index contributed by atoms with van der Waals surface area (Å²) >= 11 is 0. The van der Waals surface area contributed by atoms with Gasteiger partial charge in [0.1, 0.15) is 0 Å². The van der Waals surface area contributed by atoms with E-state index in [9.17, 15) is 39.5 Å². The molecule has 2 aromatic carbocycles. The number of rotatable bonds is 10. The SMILES string of the molecule is CCCN(CC1CCCCC1)c1ccc(C(F)(F)F)cc1N(CC)C(CN)c1cc(C(F)(F)F)cc(C(F)(F)F)c1. The number of alkyl halides is 9. The maximum Gasteiger partial charge on any atom is 0.416 e. The summed E-state index contributed by atoms with van der Waals surface area (Å²) in [6.07, 6.45) is -9.01. The van der Waals surface area contributed by atoms with E-state index in [0.717, 1.165) is 44.2 Å². The molecule has 230 valence electrons. The maximum atomic E-state index is 13.9. The Labute approximate surface area is 234 Å². The van der Waals surface area contributed by atoms with Crippen LogP contribution in [0, 0.1) is 5.92 Å². The minimum absolute atomic E-state index is 0.0167. The number of hydrogen-bond acceptors (Lipinski definition) is 3. The van der Waals surface area contributed by atoms with Crippen LogP contribution in [0.25, 0.3) is 0 Å². The number of nitrogens with zero attached hydrogens (tertiary/aromatic N) is 2. The molecule has 12 heteroatoms.